The molecule has 7 nitrogen and oxygen atoms in total. The zero-order valence-electron chi connectivity index (χ0n) is 15.1. The van der Waals surface area contributed by atoms with Crippen molar-refractivity contribution in [3.05, 3.63) is 47.7 Å². The number of carbonyl (C=O) groups excluding carboxylic acids is 1. The standard InChI is InChI=1S/C18H21N3O4S2/c1-13-5-6-14(27(23,24)21-8-10-25-11-9-21)12-16(13)20-17(22)15-4-3-7-19-18(15)26-2/h3-7,12H,8-11H2,1-2H3,(H,20,22). The number of sulfonamides is 1. The van der Waals surface area contributed by atoms with E-state index in [1.54, 1.807) is 30.5 Å². The number of morpholine rings is 1. The smallest absolute Gasteiger partial charge is 0.258 e. The summed E-state index contributed by atoms with van der Waals surface area (Å²) in [5.74, 6) is -0.323. The molecule has 0 unspecified atom stereocenters. The first kappa shape index (κ1) is 19.8. The van der Waals surface area contributed by atoms with E-state index in [0.717, 1.165) is 5.56 Å². The van der Waals surface area contributed by atoms with E-state index in [9.17, 15) is 13.2 Å². The molecule has 1 aromatic heterocycles. The summed E-state index contributed by atoms with van der Waals surface area (Å²) in [6, 6.07) is 8.15. The number of hydrogen-bond acceptors (Lipinski definition) is 6. The van der Waals surface area contributed by atoms with Crippen LogP contribution in [0.25, 0.3) is 0 Å². The summed E-state index contributed by atoms with van der Waals surface area (Å²) in [6.45, 7) is 3.23. The molecular weight excluding hydrogens is 386 g/mol. The van der Waals surface area contributed by atoms with Gasteiger partial charge in [-0.05, 0) is 43.0 Å². The van der Waals surface area contributed by atoms with Crippen molar-refractivity contribution in [2.75, 3.05) is 37.9 Å². The fourth-order valence-corrected chi connectivity index (χ4v) is 4.73. The Morgan fingerprint density at radius 1 is 1.26 bits per heavy atom. The van der Waals surface area contributed by atoms with Gasteiger partial charge in [0.25, 0.3) is 5.91 Å². The number of ether oxygens (including phenoxy) is 1. The summed E-state index contributed by atoms with van der Waals surface area (Å²) in [6.07, 6.45) is 3.48. The van der Waals surface area contributed by atoms with Gasteiger partial charge in [-0.2, -0.15) is 4.31 Å². The summed E-state index contributed by atoms with van der Waals surface area (Å²) >= 11 is 1.38. The van der Waals surface area contributed by atoms with Crippen molar-refractivity contribution in [3.8, 4) is 0 Å². The molecule has 3 rings (SSSR count). The van der Waals surface area contributed by atoms with Crippen molar-refractivity contribution in [2.45, 2.75) is 16.8 Å². The molecule has 1 aliphatic rings. The molecule has 27 heavy (non-hydrogen) atoms. The minimum absolute atomic E-state index is 0.154. The topological polar surface area (TPSA) is 88.6 Å². The second-order valence-corrected chi connectivity index (χ2v) is 8.74. The lowest BCUT2D eigenvalue weighted by atomic mass is 10.2. The molecule has 1 aromatic carbocycles. The Morgan fingerprint density at radius 3 is 2.70 bits per heavy atom. The van der Waals surface area contributed by atoms with Crippen LogP contribution in [0.2, 0.25) is 0 Å². The zero-order valence-corrected chi connectivity index (χ0v) is 16.8. The SMILES string of the molecule is CSc1ncccc1C(=O)Nc1cc(S(=O)(=O)N2CCOCC2)ccc1C. The largest absolute Gasteiger partial charge is 0.379 e. The minimum atomic E-state index is -3.63. The number of rotatable bonds is 5. The summed E-state index contributed by atoms with van der Waals surface area (Å²) in [4.78, 5) is 17.0. The molecule has 0 bridgehead atoms. The molecular formula is C18H21N3O4S2. The van der Waals surface area contributed by atoms with Crippen LogP contribution in [0.3, 0.4) is 0 Å². The molecule has 1 saturated heterocycles. The quantitative estimate of drug-likeness (QED) is 0.766. The first-order valence-corrected chi connectivity index (χ1v) is 11.1. The second-order valence-electron chi connectivity index (χ2n) is 6.01. The number of hydrogen-bond donors (Lipinski definition) is 1. The monoisotopic (exact) mass is 407 g/mol. The summed E-state index contributed by atoms with van der Waals surface area (Å²) in [5, 5.41) is 3.43. The number of nitrogens with zero attached hydrogens (tertiary/aromatic N) is 2. The number of thioether (sulfide) groups is 1. The van der Waals surface area contributed by atoms with Gasteiger partial charge < -0.3 is 10.1 Å². The van der Waals surface area contributed by atoms with Crippen molar-refractivity contribution < 1.29 is 17.9 Å². The van der Waals surface area contributed by atoms with Crippen molar-refractivity contribution >= 4 is 33.4 Å². The molecule has 9 heteroatoms. The highest BCUT2D eigenvalue weighted by atomic mass is 32.2. The van der Waals surface area contributed by atoms with Crippen LogP contribution in [0, 0.1) is 6.92 Å². The lowest BCUT2D eigenvalue weighted by Crippen LogP contribution is -2.40. The van der Waals surface area contributed by atoms with Crippen molar-refractivity contribution in [3.63, 3.8) is 0 Å². The van der Waals surface area contributed by atoms with E-state index in [1.165, 1.54) is 22.1 Å². The number of aromatic nitrogens is 1. The van der Waals surface area contributed by atoms with Crippen LogP contribution in [0.4, 0.5) is 5.69 Å². The first-order chi connectivity index (χ1) is 12.9. The van der Waals surface area contributed by atoms with E-state index in [0.29, 0.717) is 42.6 Å². The molecule has 1 aliphatic heterocycles. The van der Waals surface area contributed by atoms with E-state index in [-0.39, 0.29) is 10.8 Å². The third-order valence-corrected chi connectivity index (χ3v) is 6.88. The summed E-state index contributed by atoms with van der Waals surface area (Å²) in [7, 11) is -3.63. The lowest BCUT2D eigenvalue weighted by Gasteiger charge is -2.26. The maximum atomic E-state index is 12.9. The molecule has 144 valence electrons. The summed E-state index contributed by atoms with van der Waals surface area (Å²) < 4.78 is 32.3. The fraction of sp³-hybridized carbons (Fsp3) is 0.333. The second kappa shape index (κ2) is 8.39. The molecule has 0 radical (unpaired) electrons. The maximum absolute atomic E-state index is 12.9. The van der Waals surface area contributed by atoms with Gasteiger partial charge in [-0.1, -0.05) is 6.07 Å². The van der Waals surface area contributed by atoms with E-state index in [4.69, 9.17) is 4.74 Å². The predicted octanol–water partition coefficient (Wildman–Crippen LogP) is 2.39. The van der Waals surface area contributed by atoms with Crippen LogP contribution in [0.15, 0.2) is 46.5 Å². The van der Waals surface area contributed by atoms with Crippen molar-refractivity contribution in [2.24, 2.45) is 0 Å². The van der Waals surface area contributed by atoms with Crippen molar-refractivity contribution in [1.29, 1.82) is 0 Å². The fourth-order valence-electron chi connectivity index (χ4n) is 2.75. The third kappa shape index (κ3) is 4.32. The average Bonchev–Trinajstić information content (AvgIpc) is 2.70. The normalized spacial score (nSPS) is 15.5. The Hall–Kier alpha value is -1.94. The van der Waals surface area contributed by atoms with E-state index in [2.05, 4.69) is 10.3 Å². The Balaban J connectivity index is 1.88. The molecule has 2 aromatic rings. The van der Waals surface area contributed by atoms with Gasteiger partial charge >= 0.3 is 0 Å². The zero-order chi connectivity index (χ0) is 19.4. The highest BCUT2D eigenvalue weighted by Crippen LogP contribution is 2.25. The highest BCUT2D eigenvalue weighted by Gasteiger charge is 2.27. The Morgan fingerprint density at radius 2 is 2.00 bits per heavy atom. The Bertz CT molecular complexity index is 941. The van der Waals surface area contributed by atoms with Gasteiger partial charge in [-0.25, -0.2) is 13.4 Å². The Labute approximate surface area is 163 Å². The number of benzene rings is 1. The van der Waals surface area contributed by atoms with Crippen LogP contribution in [0.5, 0.6) is 0 Å². The number of aryl methyl sites for hydroxylation is 1. The number of anilines is 1. The van der Waals surface area contributed by atoms with Gasteiger partial charge in [0.05, 0.1) is 23.7 Å². The minimum Gasteiger partial charge on any atom is -0.379 e. The van der Waals surface area contributed by atoms with Crippen molar-refractivity contribution in [1.82, 2.24) is 9.29 Å². The van der Waals surface area contributed by atoms with Crippen LogP contribution < -0.4 is 5.32 Å². The molecule has 0 aliphatic carbocycles. The van der Waals surface area contributed by atoms with E-state index < -0.39 is 10.0 Å². The van der Waals surface area contributed by atoms with Crippen LogP contribution in [-0.2, 0) is 14.8 Å². The van der Waals surface area contributed by atoms with Gasteiger partial charge in [-0.3, -0.25) is 4.79 Å². The first-order valence-electron chi connectivity index (χ1n) is 8.42. The van der Waals surface area contributed by atoms with Crippen LogP contribution in [0.1, 0.15) is 15.9 Å². The highest BCUT2D eigenvalue weighted by molar-refractivity contribution is 7.98. The molecule has 1 fully saturated rings. The maximum Gasteiger partial charge on any atom is 0.258 e. The third-order valence-electron chi connectivity index (χ3n) is 4.27. The number of carbonyl (C=O) groups is 1. The van der Waals surface area contributed by atoms with Gasteiger partial charge in [0.2, 0.25) is 10.0 Å². The van der Waals surface area contributed by atoms with Gasteiger partial charge in [0, 0.05) is 25.0 Å². The van der Waals surface area contributed by atoms with Gasteiger partial charge in [0.15, 0.2) is 0 Å². The predicted molar refractivity (Wildman–Crippen MR) is 105 cm³/mol. The van der Waals surface area contributed by atoms with E-state index in [1.807, 2.05) is 13.2 Å². The lowest BCUT2D eigenvalue weighted by molar-refractivity contribution is 0.0730. The number of nitrogens with one attached hydrogen (secondary N) is 1. The van der Waals surface area contributed by atoms with Gasteiger partial charge in [-0.15, -0.1) is 11.8 Å². The average molecular weight is 408 g/mol. The van der Waals surface area contributed by atoms with Gasteiger partial charge in [0.1, 0.15) is 5.03 Å². The number of amides is 1. The number of pyridine rings is 1. The van der Waals surface area contributed by atoms with Crippen LogP contribution in [-0.4, -0.2) is 56.2 Å². The van der Waals surface area contributed by atoms with Crippen LogP contribution >= 0.6 is 11.8 Å². The molecule has 0 spiro atoms. The molecule has 0 atom stereocenters. The Kier molecular flexibility index (Phi) is 6.15. The molecule has 0 saturated carbocycles. The summed E-state index contributed by atoms with van der Waals surface area (Å²) in [5.41, 5.74) is 1.69. The molecule has 1 N–H and O–H groups in total. The molecule has 2 heterocycles. The van der Waals surface area contributed by atoms with E-state index >= 15 is 0 Å². The molecule has 1 amide bonds.